The molecule has 0 bridgehead atoms. The van der Waals surface area contributed by atoms with E-state index in [2.05, 4.69) is 34.9 Å². The highest BCUT2D eigenvalue weighted by molar-refractivity contribution is 8.00. The van der Waals surface area contributed by atoms with Gasteiger partial charge >= 0.3 is 6.03 Å². The number of rotatable bonds is 7. The van der Waals surface area contributed by atoms with Gasteiger partial charge in [0.25, 0.3) is 0 Å². The lowest BCUT2D eigenvalue weighted by Crippen LogP contribution is -2.48. The van der Waals surface area contributed by atoms with Gasteiger partial charge in [0, 0.05) is 29.4 Å². The van der Waals surface area contributed by atoms with Crippen molar-refractivity contribution in [3.63, 3.8) is 0 Å². The molecular weight excluding hydrogens is 404 g/mol. The highest BCUT2D eigenvalue weighted by atomic mass is 32.2. The number of carbonyl (C=O) groups excluding carboxylic acids is 1. The van der Waals surface area contributed by atoms with E-state index in [4.69, 9.17) is 4.74 Å². The second-order valence-electron chi connectivity index (χ2n) is 7.79. The molecule has 3 aromatic rings. The van der Waals surface area contributed by atoms with Crippen molar-refractivity contribution in [1.29, 1.82) is 0 Å². The van der Waals surface area contributed by atoms with Crippen LogP contribution in [0.1, 0.15) is 30.0 Å². The molecule has 0 radical (unpaired) electrons. The van der Waals surface area contributed by atoms with E-state index in [9.17, 15) is 4.79 Å². The van der Waals surface area contributed by atoms with Crippen LogP contribution in [0, 0.1) is 0 Å². The maximum atomic E-state index is 13.0. The molecule has 3 aromatic carbocycles. The Hall–Kier alpha value is -2.76. The van der Waals surface area contributed by atoms with Gasteiger partial charge in [-0.1, -0.05) is 78.9 Å². The molecule has 1 heterocycles. The van der Waals surface area contributed by atoms with Crippen LogP contribution < -0.4 is 10.6 Å². The maximum absolute atomic E-state index is 13.0. The van der Waals surface area contributed by atoms with E-state index in [1.807, 2.05) is 78.5 Å². The van der Waals surface area contributed by atoms with Crippen molar-refractivity contribution in [3.8, 4) is 0 Å². The van der Waals surface area contributed by atoms with Crippen molar-refractivity contribution < 1.29 is 9.53 Å². The molecular formula is C26H28N2O2S. The van der Waals surface area contributed by atoms with Crippen molar-refractivity contribution in [1.82, 2.24) is 10.6 Å². The Kier molecular flexibility index (Phi) is 7.28. The molecule has 31 heavy (non-hydrogen) atoms. The molecule has 0 aliphatic carbocycles. The fourth-order valence-corrected chi connectivity index (χ4v) is 5.18. The summed E-state index contributed by atoms with van der Waals surface area (Å²) in [7, 11) is 0. The van der Waals surface area contributed by atoms with Crippen molar-refractivity contribution in [2.24, 2.45) is 0 Å². The lowest BCUT2D eigenvalue weighted by Gasteiger charge is -2.37. The first-order valence-corrected chi connectivity index (χ1v) is 11.5. The van der Waals surface area contributed by atoms with Crippen molar-refractivity contribution >= 4 is 17.8 Å². The first-order valence-electron chi connectivity index (χ1n) is 10.7. The summed E-state index contributed by atoms with van der Waals surface area (Å²) < 4.78 is 5.54. The van der Waals surface area contributed by atoms with Gasteiger partial charge in [0.05, 0.1) is 6.04 Å². The standard InChI is InChI=1S/C26H28N2O2S/c29-25(28-24(21-10-4-1-5-11-21)22-12-6-2-7-13-22)27-20-26(16-18-30-19-17-26)31-23-14-8-3-9-15-23/h1-15,24H,16-20H2,(H2,27,28,29). The van der Waals surface area contributed by atoms with Crippen LogP contribution in [0.25, 0.3) is 0 Å². The molecule has 4 nitrogen and oxygen atoms in total. The van der Waals surface area contributed by atoms with E-state index in [1.54, 1.807) is 0 Å². The number of nitrogens with one attached hydrogen (secondary N) is 2. The van der Waals surface area contributed by atoms with Gasteiger partial charge in [-0.25, -0.2) is 4.79 Å². The van der Waals surface area contributed by atoms with Gasteiger partial charge in [-0.15, -0.1) is 11.8 Å². The minimum atomic E-state index is -0.199. The number of benzene rings is 3. The molecule has 0 spiro atoms. The number of hydrogen-bond donors (Lipinski definition) is 2. The highest BCUT2D eigenvalue weighted by Crippen LogP contribution is 2.40. The lowest BCUT2D eigenvalue weighted by molar-refractivity contribution is 0.0776. The van der Waals surface area contributed by atoms with Crippen LogP contribution in [0.5, 0.6) is 0 Å². The predicted molar refractivity (Wildman–Crippen MR) is 126 cm³/mol. The number of thioether (sulfide) groups is 1. The smallest absolute Gasteiger partial charge is 0.315 e. The molecule has 1 aliphatic rings. The molecule has 160 valence electrons. The quantitative estimate of drug-likeness (QED) is 0.524. The summed E-state index contributed by atoms with van der Waals surface area (Å²) in [6, 6.07) is 30.2. The third kappa shape index (κ3) is 5.90. The van der Waals surface area contributed by atoms with Gasteiger partial charge in [0.2, 0.25) is 0 Å². The maximum Gasteiger partial charge on any atom is 0.315 e. The number of urea groups is 1. The lowest BCUT2D eigenvalue weighted by atomic mass is 9.98. The Balaban J connectivity index is 1.45. The fraction of sp³-hybridized carbons (Fsp3) is 0.269. The largest absolute Gasteiger partial charge is 0.381 e. The van der Waals surface area contributed by atoms with Crippen molar-refractivity contribution in [2.75, 3.05) is 19.8 Å². The highest BCUT2D eigenvalue weighted by Gasteiger charge is 2.34. The topological polar surface area (TPSA) is 50.4 Å². The van der Waals surface area contributed by atoms with Gasteiger partial charge in [0.1, 0.15) is 0 Å². The van der Waals surface area contributed by atoms with Gasteiger partial charge in [-0.2, -0.15) is 0 Å². The molecule has 1 saturated heterocycles. The molecule has 2 amide bonds. The normalized spacial score (nSPS) is 15.4. The van der Waals surface area contributed by atoms with E-state index in [0.717, 1.165) is 37.2 Å². The molecule has 5 heteroatoms. The molecule has 0 aromatic heterocycles. The van der Waals surface area contributed by atoms with E-state index in [0.29, 0.717) is 6.54 Å². The summed E-state index contributed by atoms with van der Waals surface area (Å²) in [6.07, 6.45) is 1.82. The van der Waals surface area contributed by atoms with E-state index < -0.39 is 0 Å². The minimum absolute atomic E-state index is 0.0636. The van der Waals surface area contributed by atoms with E-state index >= 15 is 0 Å². The van der Waals surface area contributed by atoms with Crippen LogP contribution in [0.3, 0.4) is 0 Å². The zero-order valence-electron chi connectivity index (χ0n) is 17.5. The van der Waals surface area contributed by atoms with Crippen molar-refractivity contribution in [2.45, 2.75) is 28.5 Å². The average Bonchev–Trinajstić information content (AvgIpc) is 2.84. The second kappa shape index (κ2) is 10.5. The third-order valence-electron chi connectivity index (χ3n) is 5.59. The Labute approximate surface area is 188 Å². The molecule has 0 saturated carbocycles. The zero-order chi connectivity index (χ0) is 21.4. The minimum Gasteiger partial charge on any atom is -0.381 e. The van der Waals surface area contributed by atoms with E-state index in [1.165, 1.54) is 4.90 Å². The van der Waals surface area contributed by atoms with Crippen molar-refractivity contribution in [3.05, 3.63) is 102 Å². The fourth-order valence-electron chi connectivity index (χ4n) is 3.87. The molecule has 1 aliphatic heterocycles. The summed E-state index contributed by atoms with van der Waals surface area (Å²) in [6.45, 7) is 2.04. The van der Waals surface area contributed by atoms with Crippen LogP contribution in [0.4, 0.5) is 4.79 Å². The summed E-state index contributed by atoms with van der Waals surface area (Å²) in [5.74, 6) is 0. The molecule has 2 N–H and O–H groups in total. The summed E-state index contributed by atoms with van der Waals surface area (Å²) in [5, 5.41) is 6.34. The number of amides is 2. The molecule has 0 atom stereocenters. The number of ether oxygens (including phenoxy) is 1. The predicted octanol–water partition coefficient (Wildman–Crippen LogP) is 5.42. The summed E-state index contributed by atoms with van der Waals surface area (Å²) in [4.78, 5) is 14.2. The van der Waals surface area contributed by atoms with Crippen LogP contribution in [0.2, 0.25) is 0 Å². The Bertz CT molecular complexity index is 905. The van der Waals surface area contributed by atoms with Crippen LogP contribution >= 0.6 is 11.8 Å². The van der Waals surface area contributed by atoms with Crippen LogP contribution in [-0.2, 0) is 4.74 Å². The zero-order valence-corrected chi connectivity index (χ0v) is 18.3. The van der Waals surface area contributed by atoms with Gasteiger partial charge in [-0.05, 0) is 36.1 Å². The Morgan fingerprint density at radius 2 is 1.35 bits per heavy atom. The Morgan fingerprint density at radius 3 is 1.90 bits per heavy atom. The first kappa shape index (κ1) is 21.5. The number of carbonyl (C=O) groups is 1. The van der Waals surface area contributed by atoms with Crippen LogP contribution in [-0.4, -0.2) is 30.5 Å². The molecule has 4 rings (SSSR count). The van der Waals surface area contributed by atoms with Gasteiger partial charge in [-0.3, -0.25) is 0 Å². The first-order chi connectivity index (χ1) is 15.2. The SMILES string of the molecule is O=C(NCC1(Sc2ccccc2)CCOCC1)NC(c1ccccc1)c1ccccc1. The summed E-state index contributed by atoms with van der Waals surface area (Å²) in [5.41, 5.74) is 2.12. The molecule has 0 unspecified atom stereocenters. The third-order valence-corrected chi connectivity index (χ3v) is 7.09. The Morgan fingerprint density at radius 1 is 0.839 bits per heavy atom. The molecule has 1 fully saturated rings. The van der Waals surface area contributed by atoms with Gasteiger partial charge < -0.3 is 15.4 Å². The van der Waals surface area contributed by atoms with Gasteiger partial charge in [0.15, 0.2) is 0 Å². The van der Waals surface area contributed by atoms with Crippen LogP contribution in [0.15, 0.2) is 95.9 Å². The summed E-state index contributed by atoms with van der Waals surface area (Å²) >= 11 is 1.84. The second-order valence-corrected chi connectivity index (χ2v) is 9.33. The monoisotopic (exact) mass is 432 g/mol. The van der Waals surface area contributed by atoms with E-state index in [-0.39, 0.29) is 16.8 Å². The number of hydrogen-bond acceptors (Lipinski definition) is 3. The average molecular weight is 433 g/mol.